The third-order valence-electron chi connectivity index (χ3n) is 3.29. The van der Waals surface area contributed by atoms with Crippen LogP contribution in [0.2, 0.25) is 0 Å². The lowest BCUT2D eigenvalue weighted by molar-refractivity contribution is -0.385. The molecule has 1 aromatic rings. The van der Waals surface area contributed by atoms with Gasteiger partial charge in [-0.15, -0.1) is 0 Å². The molecule has 114 valence electrons. The van der Waals surface area contributed by atoms with Gasteiger partial charge in [-0.3, -0.25) is 14.9 Å². The lowest BCUT2D eigenvalue weighted by Gasteiger charge is -2.14. The minimum atomic E-state index is -0.927. The van der Waals surface area contributed by atoms with Crippen molar-refractivity contribution in [3.8, 4) is 5.75 Å². The average Bonchev–Trinajstić information content (AvgIpc) is 3.21. The predicted molar refractivity (Wildman–Crippen MR) is 75.5 cm³/mol. The highest BCUT2D eigenvalue weighted by atomic mass is 16.6. The number of ether oxygens (including phenoxy) is 1. The molecular weight excluding hydrogens is 276 g/mol. The second-order valence-corrected chi connectivity index (χ2v) is 5.20. The van der Waals surface area contributed by atoms with E-state index in [4.69, 9.17) is 9.84 Å². The van der Waals surface area contributed by atoms with E-state index in [1.165, 1.54) is 6.07 Å². The fourth-order valence-corrected chi connectivity index (χ4v) is 1.99. The number of nitro benzene ring substituents is 1. The largest absolute Gasteiger partial charge is 0.487 e. The number of aliphatic carboxylic acids is 1. The number of rotatable bonds is 8. The van der Waals surface area contributed by atoms with Crippen molar-refractivity contribution in [3.05, 3.63) is 33.9 Å². The van der Waals surface area contributed by atoms with Crippen molar-refractivity contribution in [3.63, 3.8) is 0 Å². The van der Waals surface area contributed by atoms with Gasteiger partial charge in [0.1, 0.15) is 6.04 Å². The van der Waals surface area contributed by atoms with Crippen molar-refractivity contribution in [2.75, 3.05) is 6.61 Å². The molecule has 1 atom stereocenters. The van der Waals surface area contributed by atoms with Crippen LogP contribution in [0.25, 0.3) is 0 Å². The Morgan fingerprint density at radius 3 is 2.86 bits per heavy atom. The fraction of sp³-hybridized carbons (Fsp3) is 0.500. The molecule has 0 amide bonds. The highest BCUT2D eigenvalue weighted by Gasteiger charge is 2.28. The zero-order chi connectivity index (χ0) is 15.4. The molecule has 1 aromatic carbocycles. The summed E-state index contributed by atoms with van der Waals surface area (Å²) in [5, 5.41) is 23.0. The second-order valence-electron chi connectivity index (χ2n) is 5.20. The van der Waals surface area contributed by atoms with Crippen LogP contribution in [0.15, 0.2) is 18.2 Å². The molecule has 0 heterocycles. The molecule has 0 radical (unpaired) electrons. The minimum absolute atomic E-state index is 0.109. The third kappa shape index (κ3) is 4.42. The number of carboxylic acid groups (broad SMARTS) is 1. The Morgan fingerprint density at radius 2 is 2.29 bits per heavy atom. The molecule has 2 rings (SSSR count). The number of carboxylic acids is 1. The van der Waals surface area contributed by atoms with Crippen LogP contribution in [-0.2, 0) is 4.79 Å². The number of aryl methyl sites for hydroxylation is 1. The van der Waals surface area contributed by atoms with E-state index in [1.807, 2.05) is 6.92 Å². The highest BCUT2D eigenvalue weighted by Crippen LogP contribution is 2.28. The highest BCUT2D eigenvalue weighted by molar-refractivity contribution is 5.73. The molecule has 0 bridgehead atoms. The molecule has 2 N–H and O–H groups in total. The summed E-state index contributed by atoms with van der Waals surface area (Å²) in [6.45, 7) is 1.92. The van der Waals surface area contributed by atoms with Gasteiger partial charge in [-0.2, -0.15) is 0 Å². The summed E-state index contributed by atoms with van der Waals surface area (Å²) >= 11 is 0. The van der Waals surface area contributed by atoms with Crippen molar-refractivity contribution in [2.24, 2.45) is 0 Å². The first-order valence-electron chi connectivity index (χ1n) is 6.84. The molecule has 0 saturated heterocycles. The van der Waals surface area contributed by atoms with Gasteiger partial charge >= 0.3 is 11.7 Å². The Bertz CT molecular complexity index is 542. The van der Waals surface area contributed by atoms with Crippen LogP contribution < -0.4 is 10.1 Å². The SMILES string of the molecule is Cc1ccc([N+](=O)[O-])c(OCCC(NC2CC2)C(=O)O)c1. The zero-order valence-electron chi connectivity index (χ0n) is 11.7. The number of carbonyl (C=O) groups is 1. The standard InChI is InChI=1S/C14H18N2O5/c1-9-2-5-12(16(19)20)13(8-9)21-7-6-11(14(17)18)15-10-3-4-10/h2,5,8,10-11,15H,3-4,6-7H2,1H3,(H,17,18). The molecule has 1 fully saturated rings. The summed E-state index contributed by atoms with van der Waals surface area (Å²) in [5.74, 6) is -0.750. The summed E-state index contributed by atoms with van der Waals surface area (Å²) in [6.07, 6.45) is 2.25. The molecule has 0 aliphatic heterocycles. The first-order chi connectivity index (χ1) is 9.97. The number of nitro groups is 1. The Kier molecular flexibility index (Phi) is 4.74. The predicted octanol–water partition coefficient (Wildman–Crippen LogP) is 1.88. The topological polar surface area (TPSA) is 102 Å². The first-order valence-corrected chi connectivity index (χ1v) is 6.84. The molecule has 1 aliphatic rings. The van der Waals surface area contributed by atoms with Crippen LogP contribution >= 0.6 is 0 Å². The van der Waals surface area contributed by atoms with Gasteiger partial charge in [-0.05, 0) is 31.4 Å². The number of nitrogens with one attached hydrogen (secondary N) is 1. The first kappa shape index (κ1) is 15.2. The lowest BCUT2D eigenvalue weighted by Crippen LogP contribution is -2.39. The molecule has 0 spiro atoms. The van der Waals surface area contributed by atoms with E-state index in [0.29, 0.717) is 0 Å². The van der Waals surface area contributed by atoms with Gasteiger partial charge in [0.05, 0.1) is 11.5 Å². The van der Waals surface area contributed by atoms with Crippen molar-refractivity contribution in [1.29, 1.82) is 0 Å². The molecule has 1 unspecified atom stereocenters. The van der Waals surface area contributed by atoms with Gasteiger partial charge in [0.25, 0.3) is 0 Å². The van der Waals surface area contributed by atoms with E-state index in [0.717, 1.165) is 18.4 Å². The minimum Gasteiger partial charge on any atom is -0.487 e. The van der Waals surface area contributed by atoms with Crippen LogP contribution in [0.1, 0.15) is 24.8 Å². The quantitative estimate of drug-likeness (QED) is 0.560. The van der Waals surface area contributed by atoms with E-state index in [9.17, 15) is 14.9 Å². The monoisotopic (exact) mass is 294 g/mol. The van der Waals surface area contributed by atoms with Crippen molar-refractivity contribution in [2.45, 2.75) is 38.3 Å². The van der Waals surface area contributed by atoms with E-state index in [-0.39, 0.29) is 30.5 Å². The van der Waals surface area contributed by atoms with Crippen LogP contribution in [0, 0.1) is 17.0 Å². The normalized spacial score (nSPS) is 15.5. The van der Waals surface area contributed by atoms with Crippen molar-refractivity contribution >= 4 is 11.7 Å². The van der Waals surface area contributed by atoms with Gasteiger partial charge < -0.3 is 15.2 Å². The van der Waals surface area contributed by atoms with Gasteiger partial charge in [-0.25, -0.2) is 0 Å². The Hall–Kier alpha value is -2.15. The van der Waals surface area contributed by atoms with E-state index < -0.39 is 16.9 Å². The summed E-state index contributed by atoms with van der Waals surface area (Å²) in [5.41, 5.74) is 0.740. The maximum atomic E-state index is 11.1. The van der Waals surface area contributed by atoms with Crippen LogP contribution in [0.5, 0.6) is 5.75 Å². The number of hydrogen-bond donors (Lipinski definition) is 2. The van der Waals surface area contributed by atoms with E-state index >= 15 is 0 Å². The summed E-state index contributed by atoms with van der Waals surface area (Å²) in [6, 6.07) is 4.21. The van der Waals surface area contributed by atoms with Gasteiger partial charge in [-0.1, -0.05) is 6.07 Å². The third-order valence-corrected chi connectivity index (χ3v) is 3.29. The molecular formula is C14H18N2O5. The number of hydrogen-bond acceptors (Lipinski definition) is 5. The molecule has 7 heteroatoms. The van der Waals surface area contributed by atoms with Crippen LogP contribution in [0.3, 0.4) is 0 Å². The number of nitrogens with zero attached hydrogens (tertiary/aromatic N) is 1. The molecule has 1 aliphatic carbocycles. The van der Waals surface area contributed by atoms with Crippen molar-refractivity contribution in [1.82, 2.24) is 5.32 Å². The molecule has 7 nitrogen and oxygen atoms in total. The lowest BCUT2D eigenvalue weighted by atomic mass is 10.2. The molecule has 0 aromatic heterocycles. The van der Waals surface area contributed by atoms with Crippen LogP contribution in [0.4, 0.5) is 5.69 Å². The maximum Gasteiger partial charge on any atom is 0.320 e. The van der Waals surface area contributed by atoms with Gasteiger partial charge in [0, 0.05) is 18.5 Å². The van der Waals surface area contributed by atoms with Gasteiger partial charge in [0.2, 0.25) is 0 Å². The maximum absolute atomic E-state index is 11.1. The smallest absolute Gasteiger partial charge is 0.320 e. The summed E-state index contributed by atoms with van der Waals surface area (Å²) in [4.78, 5) is 21.5. The van der Waals surface area contributed by atoms with Crippen LogP contribution in [-0.4, -0.2) is 34.7 Å². The van der Waals surface area contributed by atoms with Gasteiger partial charge in [0.15, 0.2) is 5.75 Å². The Balaban J connectivity index is 1.93. The van der Waals surface area contributed by atoms with E-state index in [1.54, 1.807) is 12.1 Å². The van der Waals surface area contributed by atoms with Crippen molar-refractivity contribution < 1.29 is 19.6 Å². The molecule has 21 heavy (non-hydrogen) atoms. The fourth-order valence-electron chi connectivity index (χ4n) is 1.99. The summed E-state index contributed by atoms with van der Waals surface area (Å²) in [7, 11) is 0. The number of benzene rings is 1. The summed E-state index contributed by atoms with van der Waals surface area (Å²) < 4.78 is 5.42. The second kappa shape index (κ2) is 6.53. The van der Waals surface area contributed by atoms with E-state index in [2.05, 4.69) is 5.32 Å². The average molecular weight is 294 g/mol. The Morgan fingerprint density at radius 1 is 1.57 bits per heavy atom. The molecule has 1 saturated carbocycles. The zero-order valence-corrected chi connectivity index (χ0v) is 11.7. The Labute approximate surface area is 122 Å².